The Morgan fingerprint density at radius 3 is 2.65 bits per heavy atom. The number of aromatic nitrogens is 1. The van der Waals surface area contributed by atoms with E-state index in [9.17, 15) is 10.1 Å². The highest BCUT2D eigenvalue weighted by molar-refractivity contribution is 5.57. The van der Waals surface area contributed by atoms with Crippen LogP contribution in [0.25, 0.3) is 0 Å². The summed E-state index contributed by atoms with van der Waals surface area (Å²) in [5, 5.41) is 10.6. The van der Waals surface area contributed by atoms with Gasteiger partial charge in [-0.1, -0.05) is 13.8 Å². The summed E-state index contributed by atoms with van der Waals surface area (Å²) in [6.07, 6.45) is 1.04. The second kappa shape index (κ2) is 5.47. The van der Waals surface area contributed by atoms with Crippen LogP contribution in [0.1, 0.15) is 20.3 Å². The van der Waals surface area contributed by atoms with Crippen molar-refractivity contribution in [1.82, 2.24) is 4.98 Å². The van der Waals surface area contributed by atoms with Gasteiger partial charge < -0.3 is 10.6 Å². The number of rotatable bonds is 5. The fraction of sp³-hybridized carbons (Fsp3) is 0.545. The van der Waals surface area contributed by atoms with Gasteiger partial charge >= 0.3 is 5.69 Å². The van der Waals surface area contributed by atoms with Crippen molar-refractivity contribution in [3.63, 3.8) is 0 Å². The van der Waals surface area contributed by atoms with Gasteiger partial charge in [-0.15, -0.1) is 0 Å². The van der Waals surface area contributed by atoms with E-state index in [1.165, 1.54) is 6.07 Å². The fourth-order valence-corrected chi connectivity index (χ4v) is 1.39. The van der Waals surface area contributed by atoms with Crippen molar-refractivity contribution in [1.29, 1.82) is 0 Å². The van der Waals surface area contributed by atoms with Gasteiger partial charge in [0.05, 0.1) is 4.92 Å². The molecule has 0 aliphatic rings. The zero-order chi connectivity index (χ0) is 13.0. The Kier molecular flexibility index (Phi) is 4.25. The van der Waals surface area contributed by atoms with E-state index in [1.54, 1.807) is 6.07 Å². The second-order valence-corrected chi connectivity index (χ2v) is 4.44. The number of anilines is 2. The molecule has 2 N–H and O–H groups in total. The minimum atomic E-state index is -0.528. The lowest BCUT2D eigenvalue weighted by molar-refractivity contribution is -0.384. The van der Waals surface area contributed by atoms with Gasteiger partial charge in [0.15, 0.2) is 0 Å². The van der Waals surface area contributed by atoms with Gasteiger partial charge in [0.1, 0.15) is 5.82 Å². The molecule has 1 rings (SSSR count). The van der Waals surface area contributed by atoms with Crippen molar-refractivity contribution < 1.29 is 4.92 Å². The Labute approximate surface area is 101 Å². The summed E-state index contributed by atoms with van der Waals surface area (Å²) in [4.78, 5) is 16.0. The number of nitrogens with zero attached hydrogens (tertiary/aromatic N) is 3. The van der Waals surface area contributed by atoms with E-state index in [0.29, 0.717) is 11.7 Å². The first-order valence-electron chi connectivity index (χ1n) is 5.54. The number of hydrogen-bond donors (Lipinski definition) is 1. The molecule has 6 heteroatoms. The molecule has 0 aliphatic carbocycles. The highest BCUT2D eigenvalue weighted by atomic mass is 16.6. The molecule has 0 bridgehead atoms. The smallest absolute Gasteiger partial charge is 0.311 e. The second-order valence-electron chi connectivity index (χ2n) is 4.44. The summed E-state index contributed by atoms with van der Waals surface area (Å²) >= 11 is 0. The average molecular weight is 238 g/mol. The maximum absolute atomic E-state index is 10.6. The number of pyridine rings is 1. The molecule has 0 fully saturated rings. The Morgan fingerprint density at radius 1 is 1.53 bits per heavy atom. The van der Waals surface area contributed by atoms with E-state index < -0.39 is 4.92 Å². The molecule has 0 atom stereocenters. The van der Waals surface area contributed by atoms with Crippen LogP contribution >= 0.6 is 0 Å². The monoisotopic (exact) mass is 238 g/mol. The van der Waals surface area contributed by atoms with Gasteiger partial charge in [0, 0.05) is 19.7 Å². The number of nitrogen functional groups attached to an aromatic ring is 1. The van der Waals surface area contributed by atoms with Crippen LogP contribution in [0.4, 0.5) is 17.3 Å². The quantitative estimate of drug-likeness (QED) is 0.626. The lowest BCUT2D eigenvalue weighted by atomic mass is 10.1. The van der Waals surface area contributed by atoms with Gasteiger partial charge in [0.2, 0.25) is 5.82 Å². The SMILES string of the molecule is CC(C)CCN(C)c1ccc([N+](=O)[O-])c(N)n1. The molecule has 0 amide bonds. The predicted molar refractivity (Wildman–Crippen MR) is 68.0 cm³/mol. The molecular formula is C11H18N4O2. The first-order valence-corrected chi connectivity index (χ1v) is 5.54. The summed E-state index contributed by atoms with van der Waals surface area (Å²) in [6, 6.07) is 3.01. The van der Waals surface area contributed by atoms with E-state index >= 15 is 0 Å². The molecule has 94 valence electrons. The summed E-state index contributed by atoms with van der Waals surface area (Å²) in [6.45, 7) is 5.14. The first-order chi connectivity index (χ1) is 7.91. The Hall–Kier alpha value is -1.85. The minimum absolute atomic E-state index is 0.0381. The maximum atomic E-state index is 10.6. The largest absolute Gasteiger partial charge is 0.378 e. The topological polar surface area (TPSA) is 85.3 Å². The lowest BCUT2D eigenvalue weighted by Crippen LogP contribution is -2.21. The summed E-state index contributed by atoms with van der Waals surface area (Å²) in [5.74, 6) is 1.23. The van der Waals surface area contributed by atoms with Crippen LogP contribution in [0.15, 0.2) is 12.1 Å². The van der Waals surface area contributed by atoms with Gasteiger partial charge in [0.25, 0.3) is 0 Å². The Morgan fingerprint density at radius 2 is 2.18 bits per heavy atom. The van der Waals surface area contributed by atoms with Crippen LogP contribution in [0.2, 0.25) is 0 Å². The molecular weight excluding hydrogens is 220 g/mol. The van der Waals surface area contributed by atoms with Crippen molar-refractivity contribution >= 4 is 17.3 Å². The van der Waals surface area contributed by atoms with E-state index in [4.69, 9.17) is 5.73 Å². The van der Waals surface area contributed by atoms with Gasteiger partial charge in [-0.05, 0) is 18.4 Å². The molecule has 6 nitrogen and oxygen atoms in total. The van der Waals surface area contributed by atoms with Gasteiger partial charge in [-0.3, -0.25) is 10.1 Å². The highest BCUT2D eigenvalue weighted by Crippen LogP contribution is 2.22. The summed E-state index contributed by atoms with van der Waals surface area (Å²) in [5.41, 5.74) is 5.39. The Balaban J connectivity index is 2.79. The molecule has 0 spiro atoms. The van der Waals surface area contributed by atoms with Crippen LogP contribution in [-0.2, 0) is 0 Å². The summed E-state index contributed by atoms with van der Waals surface area (Å²) in [7, 11) is 1.90. The van der Waals surface area contributed by atoms with Crippen molar-refractivity contribution in [3.05, 3.63) is 22.2 Å². The Bertz CT molecular complexity index is 406. The molecule has 1 aromatic rings. The standard InChI is InChI=1S/C11H18N4O2/c1-8(2)6-7-14(3)10-5-4-9(15(16)17)11(12)13-10/h4-5,8H,6-7H2,1-3H3,(H2,12,13). The normalized spacial score (nSPS) is 10.6. The van der Waals surface area contributed by atoms with Gasteiger partial charge in [-0.25, -0.2) is 4.98 Å². The molecule has 0 unspecified atom stereocenters. The fourth-order valence-electron chi connectivity index (χ4n) is 1.39. The minimum Gasteiger partial charge on any atom is -0.378 e. The average Bonchev–Trinajstić information content (AvgIpc) is 2.25. The van der Waals surface area contributed by atoms with E-state index in [-0.39, 0.29) is 11.5 Å². The van der Waals surface area contributed by atoms with Crippen LogP contribution in [0, 0.1) is 16.0 Å². The third-order valence-corrected chi connectivity index (χ3v) is 2.52. The van der Waals surface area contributed by atoms with E-state index in [0.717, 1.165) is 13.0 Å². The molecule has 0 aliphatic heterocycles. The third kappa shape index (κ3) is 3.58. The van der Waals surface area contributed by atoms with Gasteiger partial charge in [-0.2, -0.15) is 0 Å². The van der Waals surface area contributed by atoms with Crippen molar-refractivity contribution in [2.75, 3.05) is 24.2 Å². The van der Waals surface area contributed by atoms with Crippen LogP contribution < -0.4 is 10.6 Å². The summed E-state index contributed by atoms with van der Waals surface area (Å²) < 4.78 is 0. The number of hydrogen-bond acceptors (Lipinski definition) is 5. The molecule has 0 saturated heterocycles. The number of nitro groups is 1. The third-order valence-electron chi connectivity index (χ3n) is 2.52. The highest BCUT2D eigenvalue weighted by Gasteiger charge is 2.14. The first kappa shape index (κ1) is 13.2. The molecule has 0 saturated carbocycles. The molecule has 0 aromatic carbocycles. The van der Waals surface area contributed by atoms with E-state index in [1.807, 2.05) is 11.9 Å². The van der Waals surface area contributed by atoms with Crippen molar-refractivity contribution in [3.8, 4) is 0 Å². The lowest BCUT2D eigenvalue weighted by Gasteiger charge is -2.19. The molecule has 1 aromatic heterocycles. The zero-order valence-electron chi connectivity index (χ0n) is 10.4. The van der Waals surface area contributed by atoms with E-state index in [2.05, 4.69) is 18.8 Å². The van der Waals surface area contributed by atoms with Crippen LogP contribution in [0.5, 0.6) is 0 Å². The predicted octanol–water partition coefficient (Wildman–Crippen LogP) is 2.05. The van der Waals surface area contributed by atoms with Crippen molar-refractivity contribution in [2.24, 2.45) is 5.92 Å². The molecule has 1 heterocycles. The number of nitrogens with two attached hydrogens (primary N) is 1. The molecule has 17 heavy (non-hydrogen) atoms. The van der Waals surface area contributed by atoms with Crippen LogP contribution in [-0.4, -0.2) is 23.5 Å². The van der Waals surface area contributed by atoms with Crippen LogP contribution in [0.3, 0.4) is 0 Å². The maximum Gasteiger partial charge on any atom is 0.311 e. The van der Waals surface area contributed by atoms with Crippen molar-refractivity contribution in [2.45, 2.75) is 20.3 Å². The molecule has 0 radical (unpaired) electrons. The zero-order valence-corrected chi connectivity index (χ0v) is 10.4.